The predicted octanol–water partition coefficient (Wildman–Crippen LogP) is 2.06. The molecule has 0 N–H and O–H groups in total. The van der Waals surface area contributed by atoms with Crippen LogP contribution in [0.3, 0.4) is 0 Å². The first-order valence-electron chi connectivity index (χ1n) is 4.03. The van der Waals surface area contributed by atoms with E-state index < -0.39 is 0 Å². The average molecular weight is 166 g/mol. The van der Waals surface area contributed by atoms with E-state index in [4.69, 9.17) is 0 Å². The molecular weight excluding hydrogens is 152 g/mol. The molecule has 0 bridgehead atoms. The van der Waals surface area contributed by atoms with Gasteiger partial charge in [-0.05, 0) is 19.9 Å². The predicted molar refractivity (Wildman–Crippen MR) is 48.9 cm³/mol. The lowest BCUT2D eigenvalue weighted by atomic mass is 10.0. The van der Waals surface area contributed by atoms with Gasteiger partial charge in [0.05, 0.1) is 5.57 Å². The Kier molecular flexibility index (Phi) is 4.93. The Bertz CT molecular complexity index is 234. The first kappa shape index (κ1) is 10.8. The molecule has 0 aliphatic carbocycles. The Balaban J connectivity index is 4.59. The molecule has 12 heavy (non-hydrogen) atoms. The third kappa shape index (κ3) is 2.82. The summed E-state index contributed by atoms with van der Waals surface area (Å²) in [6.45, 7) is 5.20. The molecule has 0 unspecified atom stereocenters. The van der Waals surface area contributed by atoms with Crippen LogP contribution >= 0.6 is 0 Å². The van der Waals surface area contributed by atoms with Crippen molar-refractivity contribution in [2.45, 2.75) is 27.2 Å². The fraction of sp³-hybridized carbons (Fsp3) is 0.400. The molecule has 0 aromatic carbocycles. The standard InChI is InChI=1S/C10H14O2/c1-4-7-10(12)8(5-2)9(11)6-3/h4-5,7H,6H2,1-3H3. The van der Waals surface area contributed by atoms with Crippen molar-refractivity contribution in [3.63, 3.8) is 0 Å². The normalized spacial score (nSPS) is 12.1. The van der Waals surface area contributed by atoms with Gasteiger partial charge in [-0.15, -0.1) is 0 Å². The SMILES string of the molecule is CC=CC(=O)C(=CC)C(=O)CC. The largest absolute Gasteiger partial charge is 0.294 e. The fourth-order valence-electron chi connectivity index (χ4n) is 0.872. The van der Waals surface area contributed by atoms with Crippen molar-refractivity contribution in [2.24, 2.45) is 0 Å². The van der Waals surface area contributed by atoms with Crippen LogP contribution in [0.1, 0.15) is 27.2 Å². The molecule has 2 heteroatoms. The Hall–Kier alpha value is -1.18. The lowest BCUT2D eigenvalue weighted by molar-refractivity contribution is -0.119. The van der Waals surface area contributed by atoms with Gasteiger partial charge in [-0.2, -0.15) is 0 Å². The highest BCUT2D eigenvalue weighted by Gasteiger charge is 2.11. The van der Waals surface area contributed by atoms with Crippen LogP contribution in [0.15, 0.2) is 23.8 Å². The Morgan fingerprint density at radius 1 is 1.25 bits per heavy atom. The summed E-state index contributed by atoms with van der Waals surface area (Å²) in [4.78, 5) is 22.3. The summed E-state index contributed by atoms with van der Waals surface area (Å²) in [6, 6.07) is 0. The molecule has 0 amide bonds. The summed E-state index contributed by atoms with van der Waals surface area (Å²) < 4.78 is 0. The second kappa shape index (κ2) is 5.47. The van der Waals surface area contributed by atoms with Crippen LogP contribution in [0.5, 0.6) is 0 Å². The summed E-state index contributed by atoms with van der Waals surface area (Å²) in [7, 11) is 0. The minimum atomic E-state index is -0.202. The number of allylic oxidation sites excluding steroid dienone is 4. The Morgan fingerprint density at radius 2 is 1.83 bits per heavy atom. The summed E-state index contributed by atoms with van der Waals surface area (Å²) in [5, 5.41) is 0. The number of hydrogen-bond acceptors (Lipinski definition) is 2. The zero-order valence-corrected chi connectivity index (χ0v) is 7.76. The number of rotatable bonds is 4. The van der Waals surface area contributed by atoms with Crippen LogP contribution in [-0.2, 0) is 9.59 Å². The van der Waals surface area contributed by atoms with Gasteiger partial charge in [0.25, 0.3) is 0 Å². The topological polar surface area (TPSA) is 34.1 Å². The summed E-state index contributed by atoms with van der Waals surface area (Å²) in [6.07, 6.45) is 4.98. The van der Waals surface area contributed by atoms with Crippen LogP contribution in [0.4, 0.5) is 0 Å². The molecular formula is C10H14O2. The van der Waals surface area contributed by atoms with E-state index in [0.29, 0.717) is 6.42 Å². The first-order valence-corrected chi connectivity index (χ1v) is 4.03. The first-order chi connectivity index (χ1) is 5.67. The molecule has 0 aromatic rings. The molecule has 0 aliphatic heterocycles. The van der Waals surface area contributed by atoms with Crippen molar-refractivity contribution in [1.29, 1.82) is 0 Å². The van der Waals surface area contributed by atoms with Crippen molar-refractivity contribution in [3.05, 3.63) is 23.8 Å². The van der Waals surface area contributed by atoms with Gasteiger partial charge in [-0.3, -0.25) is 9.59 Å². The smallest absolute Gasteiger partial charge is 0.188 e. The minimum Gasteiger partial charge on any atom is -0.294 e. The molecule has 0 rings (SSSR count). The maximum atomic E-state index is 11.2. The zero-order valence-electron chi connectivity index (χ0n) is 7.76. The van der Waals surface area contributed by atoms with E-state index in [-0.39, 0.29) is 17.1 Å². The summed E-state index contributed by atoms with van der Waals surface area (Å²) in [5.41, 5.74) is 0.288. The van der Waals surface area contributed by atoms with Crippen LogP contribution in [0.25, 0.3) is 0 Å². The minimum absolute atomic E-state index is 0.0967. The molecule has 2 nitrogen and oxygen atoms in total. The second-order valence-electron chi connectivity index (χ2n) is 2.34. The Morgan fingerprint density at radius 3 is 2.17 bits per heavy atom. The van der Waals surface area contributed by atoms with E-state index in [9.17, 15) is 9.59 Å². The van der Waals surface area contributed by atoms with Gasteiger partial charge in [-0.1, -0.05) is 19.1 Å². The molecule has 0 atom stereocenters. The third-order valence-electron chi connectivity index (χ3n) is 1.49. The van der Waals surface area contributed by atoms with Crippen molar-refractivity contribution in [2.75, 3.05) is 0 Å². The molecule has 0 saturated heterocycles. The van der Waals surface area contributed by atoms with E-state index in [1.807, 2.05) is 0 Å². The van der Waals surface area contributed by atoms with Gasteiger partial charge in [-0.25, -0.2) is 0 Å². The molecule has 0 saturated carbocycles. The van der Waals surface area contributed by atoms with Gasteiger partial charge in [0.15, 0.2) is 11.6 Å². The van der Waals surface area contributed by atoms with Gasteiger partial charge >= 0.3 is 0 Å². The quantitative estimate of drug-likeness (QED) is 0.364. The zero-order chi connectivity index (χ0) is 9.56. The third-order valence-corrected chi connectivity index (χ3v) is 1.49. The Labute approximate surface area is 73.0 Å². The summed E-state index contributed by atoms with van der Waals surface area (Å²) >= 11 is 0. The van der Waals surface area contributed by atoms with Crippen LogP contribution in [-0.4, -0.2) is 11.6 Å². The summed E-state index contributed by atoms with van der Waals surface area (Å²) in [5.74, 6) is -0.299. The van der Waals surface area contributed by atoms with Crippen molar-refractivity contribution >= 4 is 11.6 Å². The van der Waals surface area contributed by atoms with E-state index in [0.717, 1.165) is 0 Å². The lowest BCUT2D eigenvalue weighted by Gasteiger charge is -1.97. The molecule has 0 radical (unpaired) electrons. The van der Waals surface area contributed by atoms with Crippen LogP contribution in [0.2, 0.25) is 0 Å². The molecule has 0 spiro atoms. The van der Waals surface area contributed by atoms with Crippen molar-refractivity contribution in [3.8, 4) is 0 Å². The van der Waals surface area contributed by atoms with Crippen molar-refractivity contribution < 1.29 is 9.59 Å². The van der Waals surface area contributed by atoms with E-state index in [1.54, 1.807) is 32.9 Å². The fourth-order valence-corrected chi connectivity index (χ4v) is 0.872. The highest BCUT2D eigenvalue weighted by atomic mass is 16.1. The molecule has 0 aliphatic rings. The average Bonchev–Trinajstić information content (AvgIpc) is 2.06. The molecule has 0 heterocycles. The van der Waals surface area contributed by atoms with Gasteiger partial charge in [0.2, 0.25) is 0 Å². The highest BCUT2D eigenvalue weighted by Crippen LogP contribution is 2.02. The highest BCUT2D eigenvalue weighted by molar-refractivity contribution is 6.23. The van der Waals surface area contributed by atoms with Crippen LogP contribution in [0, 0.1) is 0 Å². The number of ketones is 2. The van der Waals surface area contributed by atoms with Gasteiger partial charge in [0.1, 0.15) is 0 Å². The van der Waals surface area contributed by atoms with E-state index in [2.05, 4.69) is 0 Å². The molecule has 0 aromatic heterocycles. The lowest BCUT2D eigenvalue weighted by Crippen LogP contribution is -2.09. The number of Topliss-reactive ketones (excluding diaryl/α,β-unsaturated/α-hetero) is 1. The van der Waals surface area contributed by atoms with Gasteiger partial charge in [0, 0.05) is 6.42 Å². The maximum Gasteiger partial charge on any atom is 0.188 e. The monoisotopic (exact) mass is 166 g/mol. The number of hydrogen-bond donors (Lipinski definition) is 0. The van der Waals surface area contributed by atoms with Gasteiger partial charge < -0.3 is 0 Å². The van der Waals surface area contributed by atoms with Crippen molar-refractivity contribution in [1.82, 2.24) is 0 Å². The van der Waals surface area contributed by atoms with E-state index >= 15 is 0 Å². The molecule has 66 valence electrons. The number of carbonyl (C=O) groups is 2. The maximum absolute atomic E-state index is 11.2. The molecule has 0 fully saturated rings. The van der Waals surface area contributed by atoms with Crippen LogP contribution < -0.4 is 0 Å². The number of carbonyl (C=O) groups excluding carboxylic acids is 2. The second-order valence-corrected chi connectivity index (χ2v) is 2.34. The van der Waals surface area contributed by atoms with E-state index in [1.165, 1.54) is 6.08 Å².